The van der Waals surface area contributed by atoms with Crippen molar-refractivity contribution in [3.8, 4) is 0 Å². The minimum atomic E-state index is -4.64. The van der Waals surface area contributed by atoms with Crippen molar-refractivity contribution in [3.63, 3.8) is 0 Å². The zero-order valence-corrected chi connectivity index (χ0v) is 8.01. The Bertz CT molecular complexity index is 191. The summed E-state index contributed by atoms with van der Waals surface area (Å²) >= 11 is 0. The third-order valence-corrected chi connectivity index (χ3v) is 0.870. The first-order valence-corrected chi connectivity index (χ1v) is 5.75. The zero-order chi connectivity index (χ0) is 11.1. The topological polar surface area (TPSA) is 165 Å². The highest BCUT2D eigenvalue weighted by Gasteiger charge is 2.11. The van der Waals surface area contributed by atoms with Gasteiger partial charge in [0.15, 0.2) is 0 Å². The second-order valence-corrected chi connectivity index (χ2v) is 3.83. The molecule has 0 aliphatic carbocycles. The van der Waals surface area contributed by atoms with Gasteiger partial charge >= 0.3 is 15.6 Å². The molecule has 0 amide bonds. The molecule has 0 aliphatic rings. The molecule has 0 saturated carbocycles. The molecule has 82 valence electrons. The SMILES string of the molecule is O=P(O)(O)O.O=P(O)(O)OCCO. The summed E-state index contributed by atoms with van der Waals surface area (Å²) in [5.74, 6) is 0. The number of rotatable bonds is 3. The van der Waals surface area contributed by atoms with Gasteiger partial charge in [-0.15, -0.1) is 0 Å². The van der Waals surface area contributed by atoms with Crippen molar-refractivity contribution in [3.05, 3.63) is 0 Å². The van der Waals surface area contributed by atoms with Crippen molar-refractivity contribution in [2.75, 3.05) is 13.2 Å². The molecular weight excluding hydrogens is 230 g/mol. The Morgan fingerprint density at radius 2 is 1.31 bits per heavy atom. The van der Waals surface area contributed by atoms with E-state index in [0.717, 1.165) is 0 Å². The summed E-state index contributed by atoms with van der Waals surface area (Å²) in [5.41, 5.74) is 0. The second-order valence-electron chi connectivity index (χ2n) is 1.56. The molecule has 0 aromatic rings. The molecular formula is C2H10O9P2. The molecule has 11 heteroatoms. The van der Waals surface area contributed by atoms with E-state index in [0.29, 0.717) is 0 Å². The Morgan fingerprint density at radius 3 is 1.38 bits per heavy atom. The average Bonchev–Trinajstić information content (AvgIpc) is 1.77. The minimum absolute atomic E-state index is 0.329. The number of aliphatic hydroxyl groups is 1. The van der Waals surface area contributed by atoms with Gasteiger partial charge in [0, 0.05) is 0 Å². The van der Waals surface area contributed by atoms with Crippen LogP contribution in [0.2, 0.25) is 0 Å². The van der Waals surface area contributed by atoms with Gasteiger partial charge in [0.25, 0.3) is 0 Å². The highest BCUT2D eigenvalue weighted by molar-refractivity contribution is 7.46. The third kappa shape index (κ3) is 47.0. The molecule has 0 rings (SSSR count). The van der Waals surface area contributed by atoms with Crippen LogP contribution in [0.15, 0.2) is 0 Å². The van der Waals surface area contributed by atoms with Crippen molar-refractivity contribution >= 4 is 15.6 Å². The monoisotopic (exact) mass is 240 g/mol. The predicted molar refractivity (Wildman–Crippen MR) is 39.3 cm³/mol. The maximum absolute atomic E-state index is 9.75. The highest BCUT2D eigenvalue weighted by atomic mass is 31.2. The molecule has 0 unspecified atom stereocenters. The molecule has 13 heavy (non-hydrogen) atoms. The van der Waals surface area contributed by atoms with Crippen LogP contribution in [0.25, 0.3) is 0 Å². The summed E-state index contributed by atoms with van der Waals surface area (Å²) in [6.45, 7) is -0.713. The van der Waals surface area contributed by atoms with Crippen molar-refractivity contribution in [2.24, 2.45) is 0 Å². The van der Waals surface area contributed by atoms with E-state index in [2.05, 4.69) is 4.52 Å². The van der Waals surface area contributed by atoms with Crippen LogP contribution in [-0.2, 0) is 13.7 Å². The van der Waals surface area contributed by atoms with E-state index in [1.54, 1.807) is 0 Å². The van der Waals surface area contributed by atoms with Crippen molar-refractivity contribution in [1.29, 1.82) is 0 Å². The molecule has 9 nitrogen and oxygen atoms in total. The van der Waals surface area contributed by atoms with Gasteiger partial charge < -0.3 is 29.6 Å². The van der Waals surface area contributed by atoms with Crippen LogP contribution in [0.3, 0.4) is 0 Å². The summed E-state index contributed by atoms with van der Waals surface area (Å²) in [4.78, 5) is 37.4. The van der Waals surface area contributed by atoms with Crippen LogP contribution in [-0.4, -0.2) is 42.8 Å². The second kappa shape index (κ2) is 6.61. The molecule has 0 radical (unpaired) electrons. The number of hydrogen-bond donors (Lipinski definition) is 6. The standard InChI is InChI=1S/C2H7O5P.H3O4P/c3-1-2-7-8(4,5)6;1-5(2,3)4/h3H,1-2H2,(H2,4,5,6);(H3,1,2,3,4). The predicted octanol–water partition coefficient (Wildman–Crippen LogP) is -1.84. The van der Waals surface area contributed by atoms with Crippen molar-refractivity contribution in [1.82, 2.24) is 0 Å². The van der Waals surface area contributed by atoms with Gasteiger partial charge in [0.2, 0.25) is 0 Å². The Kier molecular flexibility index (Phi) is 7.95. The number of phosphoric acid groups is 2. The number of hydrogen-bond acceptors (Lipinski definition) is 4. The van der Waals surface area contributed by atoms with Gasteiger partial charge in [-0.1, -0.05) is 0 Å². The molecule has 0 aromatic heterocycles. The lowest BCUT2D eigenvalue weighted by Gasteiger charge is -2.00. The van der Waals surface area contributed by atoms with Crippen molar-refractivity contribution in [2.45, 2.75) is 0 Å². The molecule has 0 atom stereocenters. The number of phosphoric ester groups is 1. The van der Waals surface area contributed by atoms with Gasteiger partial charge in [-0.25, -0.2) is 9.13 Å². The van der Waals surface area contributed by atoms with Gasteiger partial charge in [-0.2, -0.15) is 0 Å². The Hall–Kier alpha value is 0.180. The first kappa shape index (κ1) is 15.6. The van der Waals surface area contributed by atoms with E-state index in [9.17, 15) is 4.57 Å². The van der Waals surface area contributed by atoms with Gasteiger partial charge in [-0.05, 0) is 0 Å². The Morgan fingerprint density at radius 1 is 1.00 bits per heavy atom. The quantitative estimate of drug-likeness (QED) is 0.311. The smallest absolute Gasteiger partial charge is 0.394 e. The van der Waals surface area contributed by atoms with E-state index in [1.807, 2.05) is 0 Å². The molecule has 0 fully saturated rings. The molecule has 0 bridgehead atoms. The Labute approximate surface area is 73.1 Å². The van der Waals surface area contributed by atoms with Crippen molar-refractivity contribution < 1.29 is 43.2 Å². The lowest BCUT2D eigenvalue weighted by molar-refractivity contribution is 0.151. The van der Waals surface area contributed by atoms with Crippen LogP contribution in [0, 0.1) is 0 Å². The average molecular weight is 240 g/mol. The Balaban J connectivity index is 0. The van der Waals surface area contributed by atoms with Crippen LogP contribution in [0.5, 0.6) is 0 Å². The maximum Gasteiger partial charge on any atom is 0.469 e. The van der Waals surface area contributed by atoms with Gasteiger partial charge in [0.1, 0.15) is 0 Å². The van der Waals surface area contributed by atoms with E-state index < -0.39 is 15.6 Å². The summed E-state index contributed by atoms with van der Waals surface area (Å²) in [6, 6.07) is 0. The highest BCUT2D eigenvalue weighted by Crippen LogP contribution is 2.34. The van der Waals surface area contributed by atoms with Crippen LogP contribution < -0.4 is 0 Å². The molecule has 0 aliphatic heterocycles. The fourth-order valence-corrected chi connectivity index (χ4v) is 0.479. The fraction of sp³-hybridized carbons (Fsp3) is 1.00. The fourth-order valence-electron chi connectivity index (χ4n) is 0.160. The largest absolute Gasteiger partial charge is 0.469 e. The summed E-state index contributed by atoms with van der Waals surface area (Å²) in [6.07, 6.45) is 0. The van der Waals surface area contributed by atoms with E-state index in [4.69, 9.17) is 34.1 Å². The molecule has 0 heterocycles. The van der Waals surface area contributed by atoms with Gasteiger partial charge in [0.05, 0.1) is 13.2 Å². The van der Waals surface area contributed by atoms with Crippen LogP contribution in [0.1, 0.15) is 0 Å². The normalized spacial score (nSPS) is 11.8. The minimum Gasteiger partial charge on any atom is -0.394 e. The summed E-state index contributed by atoms with van der Waals surface area (Å²) < 4.78 is 22.4. The zero-order valence-electron chi connectivity index (χ0n) is 6.22. The lowest BCUT2D eigenvalue weighted by Crippen LogP contribution is -1.95. The number of aliphatic hydroxyl groups excluding tert-OH is 1. The first-order chi connectivity index (χ1) is 5.56. The summed E-state index contributed by atoms with van der Waals surface area (Å²) in [5, 5.41) is 7.96. The molecule has 0 spiro atoms. The van der Waals surface area contributed by atoms with Gasteiger partial charge in [-0.3, -0.25) is 4.52 Å². The van der Waals surface area contributed by atoms with E-state index in [1.165, 1.54) is 0 Å². The third-order valence-electron chi connectivity index (χ3n) is 0.351. The van der Waals surface area contributed by atoms with E-state index in [-0.39, 0.29) is 13.2 Å². The molecule has 0 aromatic carbocycles. The molecule has 6 N–H and O–H groups in total. The van der Waals surface area contributed by atoms with Crippen LogP contribution in [0.4, 0.5) is 0 Å². The first-order valence-electron chi connectivity index (χ1n) is 2.65. The molecule has 0 saturated heterocycles. The lowest BCUT2D eigenvalue weighted by atomic mass is 10.8. The maximum atomic E-state index is 9.75. The summed E-state index contributed by atoms with van der Waals surface area (Å²) in [7, 11) is -8.98. The van der Waals surface area contributed by atoms with E-state index >= 15 is 0 Å². The van der Waals surface area contributed by atoms with Crippen LogP contribution >= 0.6 is 15.6 Å².